The molecular weight excluding hydrogens is 783 g/mol. The Labute approximate surface area is 352 Å². The highest BCUT2D eigenvalue weighted by Crippen LogP contribution is 2.62. The van der Waals surface area contributed by atoms with Gasteiger partial charge >= 0.3 is 28.3 Å². The van der Waals surface area contributed by atoms with Gasteiger partial charge in [-0.1, -0.05) is 116 Å². The first-order valence-corrected chi connectivity index (χ1v) is 23.3. The van der Waals surface area contributed by atoms with Gasteiger partial charge in [0.15, 0.2) is 17.6 Å². The Morgan fingerprint density at radius 1 is 0.797 bits per heavy atom. The minimum Gasteiger partial charge on any atom is -0.504 e. The number of unbranched alkanes of at least 4 members (excludes halogenated alkanes) is 12. The molecule has 4 N–H and O–H groups in total. The summed E-state index contributed by atoms with van der Waals surface area (Å²) in [6.45, 7) is 7.33. The second kappa shape index (κ2) is 25.5. The molecule has 1 spiro atoms. The van der Waals surface area contributed by atoms with Crippen LogP contribution in [0, 0.1) is 5.92 Å². The van der Waals surface area contributed by atoms with Gasteiger partial charge in [-0.3, -0.25) is 23.5 Å². The van der Waals surface area contributed by atoms with E-state index < -0.39 is 22.6 Å². The highest BCUT2D eigenvalue weighted by molar-refractivity contribution is 7.79. The average molecular weight is 854 g/mol. The van der Waals surface area contributed by atoms with E-state index in [0.29, 0.717) is 37.0 Å². The minimum absolute atomic E-state index is 0.0703. The molecule has 0 aromatic heterocycles. The van der Waals surface area contributed by atoms with E-state index >= 15 is 0 Å². The molecule has 59 heavy (non-hydrogen) atoms. The summed E-state index contributed by atoms with van der Waals surface area (Å²) in [6.07, 6.45) is 21.2. The Balaban J connectivity index is 0.000000299. The van der Waals surface area contributed by atoms with Crippen LogP contribution < -0.4 is 4.74 Å². The van der Waals surface area contributed by atoms with Gasteiger partial charge in [0, 0.05) is 42.2 Å². The molecule has 14 nitrogen and oxygen atoms in total. The third-order valence-corrected chi connectivity index (χ3v) is 11.8. The lowest BCUT2D eigenvalue weighted by Gasteiger charge is -2.56. The number of likely N-dealkylation sites (tertiary alicyclic amines) is 1. The molecule has 1 aromatic carbocycles. The summed E-state index contributed by atoms with van der Waals surface area (Å²) in [6, 6.07) is 4.23. The van der Waals surface area contributed by atoms with Gasteiger partial charge in [-0.15, -0.1) is 0 Å². The number of piperidine rings is 1. The normalized spacial score (nSPS) is 22.2. The van der Waals surface area contributed by atoms with Crippen LogP contribution in [-0.4, -0.2) is 102 Å². The van der Waals surface area contributed by atoms with Crippen LogP contribution in [0.15, 0.2) is 24.3 Å². The molecule has 4 aliphatic rings. The maximum absolute atomic E-state index is 12.2. The number of hydrogen-bond donors (Lipinski definition) is 4. The van der Waals surface area contributed by atoms with E-state index in [4.69, 9.17) is 36.5 Å². The van der Waals surface area contributed by atoms with Crippen LogP contribution in [0.4, 0.5) is 0 Å². The number of benzene rings is 1. The molecule has 0 amide bonds. The highest BCUT2D eigenvalue weighted by atomic mass is 32.3. The van der Waals surface area contributed by atoms with Gasteiger partial charge in [-0.05, 0) is 57.3 Å². The van der Waals surface area contributed by atoms with E-state index in [-0.39, 0.29) is 48.4 Å². The van der Waals surface area contributed by atoms with Crippen molar-refractivity contribution in [2.75, 3.05) is 26.8 Å². The number of likely N-dealkylation sites (N-methyl/N-ethyl adjacent to an activating group) is 1. The molecule has 1 saturated heterocycles. The molecule has 5 atom stereocenters. The largest absolute Gasteiger partial charge is 0.504 e. The van der Waals surface area contributed by atoms with E-state index in [1.54, 1.807) is 6.07 Å². The van der Waals surface area contributed by atoms with Crippen LogP contribution in [0.25, 0.3) is 0 Å². The lowest BCUT2D eigenvalue weighted by atomic mass is 9.53. The first-order valence-electron chi connectivity index (χ1n) is 21.9. The number of aromatic hydroxyl groups is 1. The summed E-state index contributed by atoms with van der Waals surface area (Å²) in [5.74, 6) is 0.265. The summed E-state index contributed by atoms with van der Waals surface area (Å²) < 4.78 is 53.8. The SMILES string of the molecule is CCCCCCCC(=O)OCC(COC(=O)CCCCCCC)OC(=O)CCCCCCC.CN1CC[C@]23c4c5ccc(O)c4O[C@H]2[C@@H](O)C=C[C@H]3[C@H]1C5.O=S(=O)(O)O. The van der Waals surface area contributed by atoms with Gasteiger partial charge < -0.3 is 34.1 Å². The molecule has 1 aromatic rings. The van der Waals surface area contributed by atoms with Crippen molar-refractivity contribution in [1.29, 1.82) is 0 Å². The van der Waals surface area contributed by atoms with Crippen molar-refractivity contribution < 1.29 is 61.1 Å². The summed E-state index contributed by atoms with van der Waals surface area (Å²) >= 11 is 0. The number of carbonyl (C=O) groups is 3. The Hall–Kier alpha value is -3.24. The molecule has 5 rings (SSSR count). The molecule has 0 radical (unpaired) electrons. The number of phenols is 1. The molecule has 2 heterocycles. The zero-order valence-corrected chi connectivity index (χ0v) is 36.6. The second-order valence-corrected chi connectivity index (χ2v) is 17.2. The number of aliphatic hydroxyl groups is 1. The predicted molar refractivity (Wildman–Crippen MR) is 224 cm³/mol. The molecule has 2 aliphatic heterocycles. The van der Waals surface area contributed by atoms with E-state index in [1.165, 1.54) is 30.4 Å². The Kier molecular flexibility index (Phi) is 21.7. The van der Waals surface area contributed by atoms with Crippen molar-refractivity contribution >= 4 is 28.3 Å². The van der Waals surface area contributed by atoms with Crippen LogP contribution in [0.5, 0.6) is 11.5 Å². The predicted octanol–water partition coefficient (Wildman–Crippen LogP) is 7.61. The van der Waals surface area contributed by atoms with Crippen LogP contribution >= 0.6 is 0 Å². The lowest BCUT2D eigenvalue weighted by Crippen LogP contribution is -2.64. The van der Waals surface area contributed by atoms with Crippen molar-refractivity contribution in [2.45, 2.75) is 179 Å². The van der Waals surface area contributed by atoms with Gasteiger partial charge in [0.05, 0.1) is 0 Å². The van der Waals surface area contributed by atoms with E-state index in [2.05, 4.69) is 38.8 Å². The number of esters is 3. The fourth-order valence-corrected chi connectivity index (χ4v) is 8.73. The van der Waals surface area contributed by atoms with Crippen LogP contribution in [-0.2, 0) is 50.8 Å². The summed E-state index contributed by atoms with van der Waals surface area (Å²) in [7, 11) is -2.48. The number of phenolic OH excluding ortho intramolecular Hbond substituents is 1. The van der Waals surface area contributed by atoms with E-state index in [9.17, 15) is 24.6 Å². The van der Waals surface area contributed by atoms with Gasteiger partial charge in [0.25, 0.3) is 0 Å². The minimum atomic E-state index is -4.67. The fourth-order valence-electron chi connectivity index (χ4n) is 8.73. The maximum Gasteiger partial charge on any atom is 0.394 e. The number of aliphatic hydroxyl groups excluding tert-OH is 1. The van der Waals surface area contributed by atoms with Crippen molar-refractivity contribution in [1.82, 2.24) is 4.90 Å². The molecule has 0 unspecified atom stereocenters. The lowest BCUT2D eigenvalue weighted by molar-refractivity contribution is -0.167. The van der Waals surface area contributed by atoms with Crippen molar-refractivity contribution in [3.05, 3.63) is 35.4 Å². The Morgan fingerprint density at radius 3 is 1.80 bits per heavy atom. The van der Waals surface area contributed by atoms with Gasteiger partial charge in [0.1, 0.15) is 25.4 Å². The smallest absolute Gasteiger partial charge is 0.394 e. The first-order chi connectivity index (χ1) is 28.2. The molecule has 2 aliphatic carbocycles. The van der Waals surface area contributed by atoms with Gasteiger partial charge in [-0.2, -0.15) is 8.42 Å². The second-order valence-electron chi connectivity index (χ2n) is 16.3. The van der Waals surface area contributed by atoms with Gasteiger partial charge in [-0.25, -0.2) is 0 Å². The maximum atomic E-state index is 12.2. The van der Waals surface area contributed by atoms with Crippen molar-refractivity contribution in [3.63, 3.8) is 0 Å². The Bertz CT molecular complexity index is 1560. The van der Waals surface area contributed by atoms with Crippen molar-refractivity contribution in [2.24, 2.45) is 5.92 Å². The molecule has 336 valence electrons. The summed E-state index contributed by atoms with van der Waals surface area (Å²) in [5.41, 5.74) is 2.29. The molecule has 2 bridgehead atoms. The summed E-state index contributed by atoms with van der Waals surface area (Å²) in [4.78, 5) is 38.7. The topological polar surface area (TPSA) is 206 Å². The first kappa shape index (κ1) is 50.1. The van der Waals surface area contributed by atoms with Crippen LogP contribution in [0.3, 0.4) is 0 Å². The average Bonchev–Trinajstić information content (AvgIpc) is 3.55. The fraction of sp³-hybridized carbons (Fsp3) is 0.750. The van der Waals surface area contributed by atoms with Crippen LogP contribution in [0.2, 0.25) is 0 Å². The van der Waals surface area contributed by atoms with Crippen molar-refractivity contribution in [3.8, 4) is 11.5 Å². The quantitative estimate of drug-likeness (QED) is 0.0275. The van der Waals surface area contributed by atoms with E-state index in [0.717, 1.165) is 96.4 Å². The molecular formula is C44H71NO13S. The molecule has 0 saturated carbocycles. The molecule has 15 heteroatoms. The zero-order chi connectivity index (χ0) is 43.4. The monoisotopic (exact) mass is 853 g/mol. The third-order valence-electron chi connectivity index (χ3n) is 11.8. The Morgan fingerprint density at radius 2 is 1.29 bits per heavy atom. The number of hydrogen-bond acceptors (Lipinski definition) is 12. The van der Waals surface area contributed by atoms with Gasteiger partial charge in [0.2, 0.25) is 0 Å². The number of carbonyl (C=O) groups excluding carboxylic acids is 3. The van der Waals surface area contributed by atoms with E-state index in [1.807, 2.05) is 12.1 Å². The number of rotatable bonds is 23. The number of ether oxygens (including phenoxy) is 4. The third kappa shape index (κ3) is 15.9. The van der Waals surface area contributed by atoms with Crippen LogP contribution in [0.1, 0.15) is 154 Å². The summed E-state index contributed by atoms with van der Waals surface area (Å²) in [5, 5.41) is 20.6. The highest BCUT2D eigenvalue weighted by Gasteiger charge is 2.64. The zero-order valence-electron chi connectivity index (χ0n) is 35.8. The standard InChI is InChI=1S/C27H50O6.C17H19NO3.H2O4S/c1-4-7-10-13-16-19-25(28)31-22-24(33-27(30)21-18-15-12-9-6-3)23-32-26(29)20-17-14-11-8-5-2;1-18-7-6-17-10-3-5-13(20)16(17)21-15-12(19)4-2-9(14(15)17)8-11(10)18;1-5(2,3)4/h24H,4-23H2,1-3H3;2-5,10-11,13,16,19-20H,6-8H2,1H3;(H2,1,2,3,4)/t;10-,11+,13-,16-,17-;/m.0./s1. The number of nitrogens with zero attached hydrogens (tertiary/aromatic N) is 1. The molecule has 1 fully saturated rings.